The standard InChI is InChI=1S/C10H11BrN2O2S/c1-2-3-8(14)15-6-7-9(11)13-4-5-16-10(13)12-7/h4-5H,2-3,6H2,1H3. The molecule has 0 atom stereocenters. The fraction of sp³-hybridized carbons (Fsp3) is 0.400. The van der Waals surface area contributed by atoms with E-state index in [2.05, 4.69) is 20.9 Å². The average Bonchev–Trinajstić information content (AvgIpc) is 2.80. The summed E-state index contributed by atoms with van der Waals surface area (Å²) in [5.41, 5.74) is 0.760. The highest BCUT2D eigenvalue weighted by Gasteiger charge is 2.12. The largest absolute Gasteiger partial charge is 0.459 e. The van der Waals surface area contributed by atoms with Gasteiger partial charge in [0.25, 0.3) is 0 Å². The minimum atomic E-state index is -0.175. The summed E-state index contributed by atoms with van der Waals surface area (Å²) in [5, 5.41) is 1.96. The van der Waals surface area contributed by atoms with Crippen LogP contribution in [0.5, 0.6) is 0 Å². The number of fused-ring (bicyclic) bond motifs is 1. The molecule has 0 aliphatic heterocycles. The van der Waals surface area contributed by atoms with Crippen LogP contribution in [0.1, 0.15) is 25.5 Å². The lowest BCUT2D eigenvalue weighted by Crippen LogP contribution is -2.04. The van der Waals surface area contributed by atoms with Gasteiger partial charge in [0.2, 0.25) is 0 Å². The summed E-state index contributed by atoms with van der Waals surface area (Å²) in [7, 11) is 0. The van der Waals surface area contributed by atoms with Crippen molar-refractivity contribution < 1.29 is 9.53 Å². The molecule has 2 rings (SSSR count). The summed E-state index contributed by atoms with van der Waals surface area (Å²) in [4.78, 5) is 16.5. The molecule has 0 bridgehead atoms. The maximum atomic E-state index is 11.2. The average molecular weight is 303 g/mol. The molecule has 2 aromatic rings. The number of nitrogens with zero attached hydrogens (tertiary/aromatic N) is 2. The number of carbonyl (C=O) groups excluding carboxylic acids is 1. The molecule has 0 radical (unpaired) electrons. The summed E-state index contributed by atoms with van der Waals surface area (Å²) < 4.78 is 7.89. The monoisotopic (exact) mass is 302 g/mol. The van der Waals surface area contributed by atoms with E-state index >= 15 is 0 Å². The Kier molecular flexibility index (Phi) is 3.60. The van der Waals surface area contributed by atoms with Gasteiger partial charge in [-0.05, 0) is 22.4 Å². The van der Waals surface area contributed by atoms with Crippen LogP contribution in [0, 0.1) is 0 Å². The molecule has 2 aromatic heterocycles. The van der Waals surface area contributed by atoms with Crippen LogP contribution in [0.2, 0.25) is 0 Å². The first-order valence-corrected chi connectivity index (χ1v) is 6.65. The van der Waals surface area contributed by atoms with Crippen LogP contribution in [-0.4, -0.2) is 15.4 Å². The molecule has 4 nitrogen and oxygen atoms in total. The van der Waals surface area contributed by atoms with Gasteiger partial charge in [-0.3, -0.25) is 9.20 Å². The second-order valence-corrected chi connectivity index (χ2v) is 4.94. The molecule has 16 heavy (non-hydrogen) atoms. The molecule has 0 amide bonds. The number of thiazole rings is 1. The number of carbonyl (C=O) groups is 1. The van der Waals surface area contributed by atoms with Crippen molar-refractivity contribution in [2.45, 2.75) is 26.4 Å². The third-order valence-electron chi connectivity index (χ3n) is 2.09. The van der Waals surface area contributed by atoms with Gasteiger partial charge >= 0.3 is 5.97 Å². The first kappa shape index (κ1) is 11.6. The maximum absolute atomic E-state index is 11.2. The van der Waals surface area contributed by atoms with E-state index in [0.717, 1.165) is 21.7 Å². The Balaban J connectivity index is 2.06. The molecule has 0 fully saturated rings. The van der Waals surface area contributed by atoms with Gasteiger partial charge in [-0.25, -0.2) is 4.98 Å². The van der Waals surface area contributed by atoms with E-state index in [-0.39, 0.29) is 12.6 Å². The van der Waals surface area contributed by atoms with Crippen molar-refractivity contribution in [3.05, 3.63) is 21.9 Å². The molecular formula is C10H11BrN2O2S. The Morgan fingerprint density at radius 1 is 1.69 bits per heavy atom. The van der Waals surface area contributed by atoms with E-state index < -0.39 is 0 Å². The zero-order chi connectivity index (χ0) is 11.5. The predicted molar refractivity (Wildman–Crippen MR) is 65.5 cm³/mol. The Morgan fingerprint density at radius 2 is 2.50 bits per heavy atom. The quantitative estimate of drug-likeness (QED) is 0.816. The molecule has 2 heterocycles. The highest BCUT2D eigenvalue weighted by molar-refractivity contribution is 9.10. The molecule has 0 spiro atoms. The number of rotatable bonds is 4. The summed E-state index contributed by atoms with van der Waals surface area (Å²) in [6, 6.07) is 0. The Labute approximate surface area is 105 Å². The van der Waals surface area contributed by atoms with Gasteiger partial charge < -0.3 is 4.74 Å². The molecule has 0 N–H and O–H groups in total. The number of hydrogen-bond acceptors (Lipinski definition) is 4. The molecule has 86 valence electrons. The lowest BCUT2D eigenvalue weighted by molar-refractivity contribution is -0.145. The highest BCUT2D eigenvalue weighted by Crippen LogP contribution is 2.22. The number of aromatic nitrogens is 2. The maximum Gasteiger partial charge on any atom is 0.306 e. The van der Waals surface area contributed by atoms with Crippen LogP contribution in [0.25, 0.3) is 4.96 Å². The van der Waals surface area contributed by atoms with E-state index in [4.69, 9.17) is 4.74 Å². The second kappa shape index (κ2) is 4.97. The lowest BCUT2D eigenvalue weighted by Gasteiger charge is -2.01. The first-order chi connectivity index (χ1) is 7.72. The molecular weight excluding hydrogens is 292 g/mol. The number of halogens is 1. The minimum absolute atomic E-state index is 0.175. The fourth-order valence-electron chi connectivity index (χ4n) is 1.32. The smallest absolute Gasteiger partial charge is 0.306 e. The van der Waals surface area contributed by atoms with Crippen molar-refractivity contribution in [3.8, 4) is 0 Å². The normalized spacial score (nSPS) is 10.9. The van der Waals surface area contributed by atoms with Crippen LogP contribution in [0.15, 0.2) is 16.2 Å². The van der Waals surface area contributed by atoms with Crippen LogP contribution in [0.4, 0.5) is 0 Å². The van der Waals surface area contributed by atoms with Crippen LogP contribution >= 0.6 is 27.3 Å². The number of hydrogen-bond donors (Lipinski definition) is 0. The van der Waals surface area contributed by atoms with Crippen molar-refractivity contribution in [2.24, 2.45) is 0 Å². The lowest BCUT2D eigenvalue weighted by atomic mass is 10.3. The van der Waals surface area contributed by atoms with Gasteiger partial charge in [-0.1, -0.05) is 6.92 Å². The molecule has 6 heteroatoms. The zero-order valence-electron chi connectivity index (χ0n) is 8.77. The van der Waals surface area contributed by atoms with Crippen molar-refractivity contribution in [1.29, 1.82) is 0 Å². The Bertz CT molecular complexity index is 506. The third kappa shape index (κ3) is 2.27. The summed E-state index contributed by atoms with van der Waals surface area (Å²) in [6.45, 7) is 2.18. The number of esters is 1. The molecule has 0 aliphatic rings. The predicted octanol–water partition coefficient (Wildman–Crippen LogP) is 3.00. The van der Waals surface area contributed by atoms with Crippen LogP contribution in [-0.2, 0) is 16.1 Å². The van der Waals surface area contributed by atoms with Crippen LogP contribution in [0.3, 0.4) is 0 Å². The van der Waals surface area contributed by atoms with E-state index in [1.54, 1.807) is 11.3 Å². The zero-order valence-corrected chi connectivity index (χ0v) is 11.2. The Morgan fingerprint density at radius 3 is 3.19 bits per heavy atom. The molecule has 0 unspecified atom stereocenters. The van der Waals surface area contributed by atoms with E-state index in [9.17, 15) is 4.79 Å². The van der Waals surface area contributed by atoms with Crippen molar-refractivity contribution >= 4 is 38.2 Å². The summed E-state index contributed by atoms with van der Waals surface area (Å²) in [6.07, 6.45) is 3.19. The van der Waals surface area contributed by atoms with Crippen molar-refractivity contribution in [2.75, 3.05) is 0 Å². The molecule has 0 aliphatic carbocycles. The van der Waals surface area contributed by atoms with Gasteiger partial charge in [0.1, 0.15) is 16.9 Å². The topological polar surface area (TPSA) is 43.6 Å². The van der Waals surface area contributed by atoms with Gasteiger partial charge in [-0.2, -0.15) is 0 Å². The van der Waals surface area contributed by atoms with Gasteiger partial charge in [-0.15, -0.1) is 11.3 Å². The first-order valence-electron chi connectivity index (χ1n) is 4.98. The van der Waals surface area contributed by atoms with Crippen molar-refractivity contribution in [3.63, 3.8) is 0 Å². The molecule has 0 saturated carbocycles. The van der Waals surface area contributed by atoms with E-state index in [1.165, 1.54) is 0 Å². The van der Waals surface area contributed by atoms with E-state index in [0.29, 0.717) is 6.42 Å². The number of imidazole rings is 1. The SMILES string of the molecule is CCCC(=O)OCc1nc2sccn2c1Br. The number of ether oxygens (including phenoxy) is 1. The second-order valence-electron chi connectivity index (χ2n) is 3.32. The van der Waals surface area contributed by atoms with Crippen molar-refractivity contribution in [1.82, 2.24) is 9.38 Å². The minimum Gasteiger partial charge on any atom is -0.459 e. The molecule has 0 saturated heterocycles. The van der Waals surface area contributed by atoms with Gasteiger partial charge in [0, 0.05) is 18.0 Å². The Hall–Kier alpha value is -0.880. The fourth-order valence-corrected chi connectivity index (χ4v) is 2.66. The van der Waals surface area contributed by atoms with Crippen LogP contribution < -0.4 is 0 Å². The third-order valence-corrected chi connectivity index (χ3v) is 3.69. The molecule has 0 aromatic carbocycles. The van der Waals surface area contributed by atoms with E-state index in [1.807, 2.05) is 22.9 Å². The van der Waals surface area contributed by atoms with Gasteiger partial charge in [0.05, 0.1) is 0 Å². The summed E-state index contributed by atoms with van der Waals surface area (Å²) in [5.74, 6) is -0.175. The highest BCUT2D eigenvalue weighted by atomic mass is 79.9. The van der Waals surface area contributed by atoms with Gasteiger partial charge in [0.15, 0.2) is 4.96 Å². The summed E-state index contributed by atoms with van der Waals surface area (Å²) >= 11 is 4.98.